The molecule has 0 spiro atoms. The zero-order chi connectivity index (χ0) is 25.9. The van der Waals surface area contributed by atoms with Crippen LogP contribution in [0.5, 0.6) is 5.75 Å². The van der Waals surface area contributed by atoms with Gasteiger partial charge in [0, 0.05) is 23.9 Å². The Labute approximate surface area is 210 Å². The molecule has 3 saturated carbocycles. The Kier molecular flexibility index (Phi) is 6.15. The smallest absolute Gasteiger partial charge is 0.404 e. The lowest BCUT2D eigenvalue weighted by molar-refractivity contribution is -0.274. The maximum absolute atomic E-state index is 13.5. The predicted octanol–water partition coefficient (Wildman–Crippen LogP) is 6.17. The van der Waals surface area contributed by atoms with E-state index in [2.05, 4.69) is 30.0 Å². The molecule has 0 aromatic heterocycles. The number of carbonyl (C=O) groups excluding carboxylic acids is 2. The third-order valence-corrected chi connectivity index (χ3v) is 10.00. The maximum Gasteiger partial charge on any atom is 0.573 e. The van der Waals surface area contributed by atoms with Crippen LogP contribution in [0.2, 0.25) is 0 Å². The number of benzene rings is 1. The number of carbonyl (C=O) groups is 2. The van der Waals surface area contributed by atoms with Crippen molar-refractivity contribution in [3.8, 4) is 5.75 Å². The number of halogens is 3. The van der Waals surface area contributed by atoms with E-state index in [4.69, 9.17) is 0 Å². The van der Waals surface area contributed by atoms with E-state index in [0.717, 1.165) is 38.5 Å². The van der Waals surface area contributed by atoms with Gasteiger partial charge in [0.05, 0.1) is 5.69 Å². The first-order valence-corrected chi connectivity index (χ1v) is 13.1. The first-order chi connectivity index (χ1) is 17.0. The van der Waals surface area contributed by atoms with Crippen molar-refractivity contribution in [1.29, 1.82) is 0 Å². The van der Waals surface area contributed by atoms with Crippen molar-refractivity contribution in [1.82, 2.24) is 4.90 Å². The van der Waals surface area contributed by atoms with E-state index in [-0.39, 0.29) is 40.3 Å². The quantitative estimate of drug-likeness (QED) is 0.534. The number of amides is 2. The second-order valence-corrected chi connectivity index (χ2v) is 11.5. The minimum atomic E-state index is -4.83. The molecule has 0 unspecified atom stereocenters. The fraction of sp³-hybridized carbons (Fsp3) is 0.643. The lowest BCUT2D eigenvalue weighted by atomic mass is 9.47. The van der Waals surface area contributed by atoms with Gasteiger partial charge in [-0.2, -0.15) is 0 Å². The van der Waals surface area contributed by atoms with Gasteiger partial charge in [-0.15, -0.1) is 13.2 Å². The van der Waals surface area contributed by atoms with Gasteiger partial charge < -0.3 is 15.0 Å². The molecule has 3 aliphatic carbocycles. The van der Waals surface area contributed by atoms with Crippen molar-refractivity contribution in [3.63, 3.8) is 0 Å². The van der Waals surface area contributed by atoms with Gasteiger partial charge in [-0.05, 0) is 86.8 Å². The summed E-state index contributed by atoms with van der Waals surface area (Å²) in [7, 11) is 0. The van der Waals surface area contributed by atoms with Crippen molar-refractivity contribution in [2.75, 3.05) is 11.9 Å². The first kappa shape index (κ1) is 25.2. The van der Waals surface area contributed by atoms with Gasteiger partial charge in [0.15, 0.2) is 5.75 Å². The molecule has 1 aromatic rings. The van der Waals surface area contributed by atoms with Crippen LogP contribution < -0.4 is 10.1 Å². The lowest BCUT2D eigenvalue weighted by Gasteiger charge is -2.60. The van der Waals surface area contributed by atoms with Crippen molar-refractivity contribution in [2.45, 2.75) is 71.7 Å². The van der Waals surface area contributed by atoms with Gasteiger partial charge in [0.25, 0.3) is 0 Å². The molecule has 4 aliphatic rings. The molecule has 3 fully saturated rings. The third-order valence-electron chi connectivity index (χ3n) is 10.00. The molecule has 0 saturated heterocycles. The number of likely N-dealkylation sites (N-methyl/N-ethyl adjacent to an activating group) is 1. The van der Waals surface area contributed by atoms with E-state index in [1.54, 1.807) is 12.1 Å². The molecule has 1 aliphatic heterocycles. The van der Waals surface area contributed by atoms with E-state index in [1.807, 2.05) is 11.8 Å². The summed E-state index contributed by atoms with van der Waals surface area (Å²) >= 11 is 0. The summed E-state index contributed by atoms with van der Waals surface area (Å²) < 4.78 is 42.7. The van der Waals surface area contributed by atoms with Crippen molar-refractivity contribution in [2.24, 2.45) is 34.5 Å². The van der Waals surface area contributed by atoms with Crippen LogP contribution in [0.25, 0.3) is 0 Å². The van der Waals surface area contributed by atoms with Crippen molar-refractivity contribution in [3.05, 3.63) is 36.4 Å². The Balaban J connectivity index is 1.35. The Morgan fingerprint density at radius 2 is 1.86 bits per heavy atom. The third kappa shape index (κ3) is 4.01. The number of para-hydroxylation sites is 2. The van der Waals surface area contributed by atoms with E-state index in [0.29, 0.717) is 24.3 Å². The van der Waals surface area contributed by atoms with Crippen LogP contribution in [0.1, 0.15) is 59.3 Å². The van der Waals surface area contributed by atoms with Crippen LogP contribution in [0.4, 0.5) is 18.9 Å². The molecular weight excluding hydrogens is 469 g/mol. The predicted molar refractivity (Wildman–Crippen MR) is 130 cm³/mol. The van der Waals surface area contributed by atoms with E-state index >= 15 is 0 Å². The Morgan fingerprint density at radius 3 is 2.58 bits per heavy atom. The number of hydrogen-bond donors (Lipinski definition) is 1. The van der Waals surface area contributed by atoms with Gasteiger partial charge in [-0.1, -0.05) is 32.1 Å². The average Bonchev–Trinajstić information content (AvgIpc) is 3.17. The molecule has 1 aromatic carbocycles. The second-order valence-electron chi connectivity index (χ2n) is 11.5. The van der Waals surface area contributed by atoms with E-state index < -0.39 is 12.1 Å². The molecule has 2 amide bonds. The molecule has 0 bridgehead atoms. The highest BCUT2D eigenvalue weighted by Gasteiger charge is 2.61. The Bertz CT molecular complexity index is 1070. The summed E-state index contributed by atoms with van der Waals surface area (Å²) in [5.74, 6) is 0.530. The number of anilines is 1. The SMILES string of the molecule is CCN1C(=O)C=C[C@]2(C)[C@H]3CC[C@]4(C)[C@@H](C(=O)Nc5ccccc5OC(F)(F)F)CC[C@H]4[C@@H]3CC[C@@H]12. The molecule has 1 N–H and O–H groups in total. The highest BCUT2D eigenvalue weighted by Crippen LogP contribution is 2.65. The van der Waals surface area contributed by atoms with E-state index in [9.17, 15) is 22.8 Å². The molecule has 196 valence electrons. The Morgan fingerprint density at radius 1 is 1.11 bits per heavy atom. The van der Waals surface area contributed by atoms with Crippen LogP contribution in [0, 0.1) is 34.5 Å². The van der Waals surface area contributed by atoms with Gasteiger partial charge in [0.2, 0.25) is 11.8 Å². The number of alkyl halides is 3. The normalized spacial score (nSPS) is 37.7. The van der Waals surface area contributed by atoms with E-state index in [1.165, 1.54) is 18.2 Å². The molecular formula is C28H35F3N2O3. The van der Waals surface area contributed by atoms with Gasteiger partial charge in [-0.3, -0.25) is 9.59 Å². The van der Waals surface area contributed by atoms with Crippen LogP contribution in [-0.4, -0.2) is 35.7 Å². The number of nitrogens with zero attached hydrogens (tertiary/aromatic N) is 1. The zero-order valence-corrected chi connectivity index (χ0v) is 21.1. The number of ether oxygens (including phenoxy) is 1. The highest BCUT2D eigenvalue weighted by atomic mass is 19.4. The maximum atomic E-state index is 13.5. The van der Waals surface area contributed by atoms with Gasteiger partial charge in [-0.25, -0.2) is 0 Å². The summed E-state index contributed by atoms with van der Waals surface area (Å²) in [6.45, 7) is 7.26. The summed E-state index contributed by atoms with van der Waals surface area (Å²) in [4.78, 5) is 28.0. The van der Waals surface area contributed by atoms with Crippen molar-refractivity contribution < 1.29 is 27.5 Å². The number of fused-ring (bicyclic) bond motifs is 5. The molecule has 8 heteroatoms. The fourth-order valence-electron chi connectivity index (χ4n) is 8.41. The van der Waals surface area contributed by atoms with Crippen LogP contribution in [0.3, 0.4) is 0 Å². The fourth-order valence-corrected chi connectivity index (χ4v) is 8.41. The lowest BCUT2D eigenvalue weighted by Crippen LogP contribution is -2.60. The summed E-state index contributed by atoms with van der Waals surface area (Å²) in [5, 5.41) is 2.76. The molecule has 5 nitrogen and oxygen atoms in total. The standard InChI is InChI=1S/C28H35F3N2O3/c1-4-33-23-12-9-17-18-10-11-20(25(35)32-21-7-5-6-8-22(21)36-28(29,30)31)26(18,2)15-13-19(17)27(23,3)16-14-24(33)34/h5-8,14,16-20,23H,4,9-13,15H2,1-3H3,(H,32,35)/t17-,18-,19-,20+,23+,26-,27+/m0/s1. The van der Waals surface area contributed by atoms with Crippen LogP contribution in [-0.2, 0) is 9.59 Å². The van der Waals surface area contributed by atoms with Crippen LogP contribution in [0.15, 0.2) is 36.4 Å². The number of nitrogens with one attached hydrogen (secondary N) is 1. The molecule has 7 atom stereocenters. The number of hydrogen-bond acceptors (Lipinski definition) is 3. The van der Waals surface area contributed by atoms with Gasteiger partial charge >= 0.3 is 6.36 Å². The molecule has 5 rings (SSSR count). The molecule has 36 heavy (non-hydrogen) atoms. The minimum Gasteiger partial charge on any atom is -0.404 e. The monoisotopic (exact) mass is 504 g/mol. The largest absolute Gasteiger partial charge is 0.573 e. The highest BCUT2D eigenvalue weighted by molar-refractivity contribution is 5.94. The summed E-state index contributed by atoms with van der Waals surface area (Å²) in [6.07, 6.45) is 4.64. The topological polar surface area (TPSA) is 58.6 Å². The summed E-state index contributed by atoms with van der Waals surface area (Å²) in [6, 6.07) is 5.92. The van der Waals surface area contributed by atoms with Crippen LogP contribution >= 0.6 is 0 Å². The first-order valence-electron chi connectivity index (χ1n) is 13.1. The average molecular weight is 505 g/mol. The van der Waals surface area contributed by atoms with Crippen molar-refractivity contribution >= 4 is 17.5 Å². The number of rotatable bonds is 4. The van der Waals surface area contributed by atoms with Gasteiger partial charge in [0.1, 0.15) is 0 Å². The molecule has 1 heterocycles. The second kappa shape index (κ2) is 8.80. The molecule has 0 radical (unpaired) electrons. The Hall–Kier alpha value is -2.51. The zero-order valence-electron chi connectivity index (χ0n) is 21.1. The summed E-state index contributed by atoms with van der Waals surface area (Å²) in [5.41, 5.74) is -0.222. The minimum absolute atomic E-state index is 0.0465.